The Bertz CT molecular complexity index is 904. The Morgan fingerprint density at radius 2 is 1.80 bits per heavy atom. The second-order valence-electron chi connectivity index (χ2n) is 5.21. The summed E-state index contributed by atoms with van der Waals surface area (Å²) in [4.78, 5) is 12.2. The fourth-order valence-electron chi connectivity index (χ4n) is 2.18. The van der Waals surface area contributed by atoms with Gasteiger partial charge in [0.15, 0.2) is 0 Å². The van der Waals surface area contributed by atoms with Crippen LogP contribution in [-0.4, -0.2) is 16.1 Å². The average molecular weight is 366 g/mol. The van der Waals surface area contributed by atoms with E-state index in [2.05, 4.69) is 15.5 Å². The Morgan fingerprint density at radius 3 is 2.48 bits per heavy atom. The third-order valence-electron chi connectivity index (χ3n) is 3.41. The molecule has 0 radical (unpaired) electrons. The number of aromatic amines is 1. The zero-order valence-electron chi connectivity index (χ0n) is 12.6. The second-order valence-corrected chi connectivity index (χ2v) is 5.64. The number of amides is 1. The highest BCUT2D eigenvalue weighted by Crippen LogP contribution is 2.30. The number of hydrogen-bond acceptors (Lipinski definition) is 2. The fraction of sp³-hybridized carbons (Fsp3) is 0.0588. The summed E-state index contributed by atoms with van der Waals surface area (Å²) in [7, 11) is 0. The number of nitrogens with zero attached hydrogens (tertiary/aromatic N) is 1. The lowest BCUT2D eigenvalue weighted by Gasteiger charge is -2.09. The molecule has 8 heteroatoms. The molecule has 0 fully saturated rings. The predicted molar refractivity (Wildman–Crippen MR) is 88.4 cm³/mol. The number of alkyl halides is 3. The van der Waals surface area contributed by atoms with E-state index in [4.69, 9.17) is 11.6 Å². The van der Waals surface area contributed by atoms with Gasteiger partial charge in [-0.1, -0.05) is 29.8 Å². The molecule has 1 amide bonds. The lowest BCUT2D eigenvalue weighted by molar-refractivity contribution is -0.137. The number of carbonyl (C=O) groups excluding carboxylic acids is 1. The summed E-state index contributed by atoms with van der Waals surface area (Å²) < 4.78 is 38.1. The van der Waals surface area contributed by atoms with Crippen LogP contribution in [0.1, 0.15) is 16.1 Å². The Labute approximate surface area is 145 Å². The minimum atomic E-state index is -4.48. The van der Waals surface area contributed by atoms with E-state index in [-0.39, 0.29) is 11.4 Å². The number of benzene rings is 2. The minimum absolute atomic E-state index is 0.0440. The van der Waals surface area contributed by atoms with Crippen molar-refractivity contribution in [3.63, 3.8) is 0 Å². The van der Waals surface area contributed by atoms with Crippen molar-refractivity contribution in [2.24, 2.45) is 0 Å². The second kappa shape index (κ2) is 6.60. The van der Waals surface area contributed by atoms with Crippen molar-refractivity contribution in [2.45, 2.75) is 6.18 Å². The molecular weight excluding hydrogens is 355 g/mol. The van der Waals surface area contributed by atoms with Crippen LogP contribution < -0.4 is 5.32 Å². The Morgan fingerprint density at radius 1 is 1.08 bits per heavy atom. The van der Waals surface area contributed by atoms with Crippen molar-refractivity contribution in [1.29, 1.82) is 0 Å². The summed E-state index contributed by atoms with van der Waals surface area (Å²) in [6.45, 7) is 0. The first kappa shape index (κ1) is 17.0. The maximum Gasteiger partial charge on any atom is 0.416 e. The molecule has 3 aromatic rings. The maximum absolute atomic E-state index is 12.7. The van der Waals surface area contributed by atoms with Crippen LogP contribution in [0.2, 0.25) is 5.02 Å². The molecule has 128 valence electrons. The van der Waals surface area contributed by atoms with Crippen molar-refractivity contribution >= 4 is 23.2 Å². The molecule has 4 nitrogen and oxygen atoms in total. The largest absolute Gasteiger partial charge is 0.416 e. The van der Waals surface area contributed by atoms with Crippen molar-refractivity contribution in [2.75, 3.05) is 5.32 Å². The van der Waals surface area contributed by atoms with Crippen molar-refractivity contribution in [1.82, 2.24) is 10.2 Å². The van der Waals surface area contributed by atoms with Crippen molar-refractivity contribution in [3.8, 4) is 11.3 Å². The first-order valence-corrected chi connectivity index (χ1v) is 7.51. The van der Waals surface area contributed by atoms with Crippen LogP contribution in [0, 0.1) is 0 Å². The van der Waals surface area contributed by atoms with E-state index in [1.165, 1.54) is 18.2 Å². The van der Waals surface area contributed by atoms with Gasteiger partial charge >= 0.3 is 6.18 Å². The van der Waals surface area contributed by atoms with Gasteiger partial charge in [-0.15, -0.1) is 0 Å². The van der Waals surface area contributed by atoms with Gasteiger partial charge < -0.3 is 5.32 Å². The van der Waals surface area contributed by atoms with Gasteiger partial charge in [-0.3, -0.25) is 9.89 Å². The summed E-state index contributed by atoms with van der Waals surface area (Å²) in [5.41, 5.74) is 0.603. The van der Waals surface area contributed by atoms with Crippen LogP contribution in [0.3, 0.4) is 0 Å². The summed E-state index contributed by atoms with van der Waals surface area (Å²) in [5.74, 6) is -0.591. The topological polar surface area (TPSA) is 57.8 Å². The molecule has 0 saturated carbocycles. The van der Waals surface area contributed by atoms with Gasteiger partial charge in [0.1, 0.15) is 5.69 Å². The molecule has 2 aromatic carbocycles. The number of halogens is 4. The van der Waals surface area contributed by atoms with E-state index >= 15 is 0 Å². The van der Waals surface area contributed by atoms with Gasteiger partial charge in [0, 0.05) is 16.3 Å². The van der Waals surface area contributed by atoms with Crippen LogP contribution >= 0.6 is 11.6 Å². The van der Waals surface area contributed by atoms with E-state index in [0.717, 1.165) is 17.7 Å². The summed E-state index contributed by atoms with van der Waals surface area (Å²) in [6.07, 6.45) is -4.48. The van der Waals surface area contributed by atoms with E-state index in [1.54, 1.807) is 24.3 Å². The molecule has 0 spiro atoms. The van der Waals surface area contributed by atoms with Crippen LogP contribution in [0.5, 0.6) is 0 Å². The number of carbonyl (C=O) groups is 1. The molecule has 0 unspecified atom stereocenters. The lowest BCUT2D eigenvalue weighted by Crippen LogP contribution is -2.13. The molecule has 0 aliphatic heterocycles. The quantitative estimate of drug-likeness (QED) is 0.686. The molecule has 0 aliphatic rings. The molecule has 1 heterocycles. The molecule has 0 aliphatic carbocycles. The van der Waals surface area contributed by atoms with Crippen molar-refractivity contribution in [3.05, 3.63) is 70.9 Å². The SMILES string of the molecule is O=C(Nc1cccc(C(F)(F)F)c1)c1cc(-c2ccc(Cl)cc2)n[nH]1. The Balaban J connectivity index is 1.77. The summed E-state index contributed by atoms with van der Waals surface area (Å²) in [6, 6.07) is 12.8. The highest BCUT2D eigenvalue weighted by molar-refractivity contribution is 6.30. The monoisotopic (exact) mass is 365 g/mol. The minimum Gasteiger partial charge on any atom is -0.321 e. The van der Waals surface area contributed by atoms with Crippen LogP contribution in [0.25, 0.3) is 11.3 Å². The first-order chi connectivity index (χ1) is 11.8. The van der Waals surface area contributed by atoms with Crippen LogP contribution in [0.15, 0.2) is 54.6 Å². The van der Waals surface area contributed by atoms with Gasteiger partial charge in [0.25, 0.3) is 5.91 Å². The highest BCUT2D eigenvalue weighted by atomic mass is 35.5. The molecule has 0 bridgehead atoms. The maximum atomic E-state index is 12.7. The Hall–Kier alpha value is -2.80. The summed E-state index contributed by atoms with van der Waals surface area (Å²) >= 11 is 5.82. The number of hydrogen-bond donors (Lipinski definition) is 2. The van der Waals surface area contributed by atoms with Gasteiger partial charge in [0.05, 0.1) is 11.3 Å². The van der Waals surface area contributed by atoms with Gasteiger partial charge in [-0.25, -0.2) is 0 Å². The highest BCUT2D eigenvalue weighted by Gasteiger charge is 2.30. The third kappa shape index (κ3) is 4.00. The fourth-order valence-corrected chi connectivity index (χ4v) is 2.30. The van der Waals surface area contributed by atoms with E-state index in [1.807, 2.05) is 0 Å². The Kier molecular flexibility index (Phi) is 4.50. The smallest absolute Gasteiger partial charge is 0.321 e. The molecule has 1 aromatic heterocycles. The van der Waals surface area contributed by atoms with Gasteiger partial charge in [0.2, 0.25) is 0 Å². The summed E-state index contributed by atoms with van der Waals surface area (Å²) in [5, 5.41) is 9.58. The predicted octanol–water partition coefficient (Wildman–Crippen LogP) is 5.00. The van der Waals surface area contributed by atoms with Crippen LogP contribution in [0.4, 0.5) is 18.9 Å². The number of aromatic nitrogens is 2. The number of nitrogens with one attached hydrogen (secondary N) is 2. The number of rotatable bonds is 3. The van der Waals surface area contributed by atoms with E-state index in [0.29, 0.717) is 10.7 Å². The molecule has 3 rings (SSSR count). The molecule has 0 atom stereocenters. The zero-order chi connectivity index (χ0) is 18.0. The average Bonchev–Trinajstić information content (AvgIpc) is 3.05. The zero-order valence-corrected chi connectivity index (χ0v) is 13.3. The van der Waals surface area contributed by atoms with Crippen molar-refractivity contribution < 1.29 is 18.0 Å². The molecule has 25 heavy (non-hydrogen) atoms. The third-order valence-corrected chi connectivity index (χ3v) is 3.66. The van der Waals surface area contributed by atoms with E-state index in [9.17, 15) is 18.0 Å². The first-order valence-electron chi connectivity index (χ1n) is 7.13. The molecule has 2 N–H and O–H groups in total. The molecular formula is C17H11ClF3N3O. The van der Waals surface area contributed by atoms with E-state index < -0.39 is 17.6 Å². The van der Waals surface area contributed by atoms with Gasteiger partial charge in [-0.2, -0.15) is 18.3 Å². The number of anilines is 1. The number of H-pyrrole nitrogens is 1. The lowest BCUT2D eigenvalue weighted by atomic mass is 10.1. The van der Waals surface area contributed by atoms with Gasteiger partial charge in [-0.05, 0) is 36.4 Å². The standard InChI is InChI=1S/C17H11ClF3N3O/c18-12-6-4-10(5-7-12)14-9-15(24-23-14)16(25)22-13-3-1-2-11(8-13)17(19,20)21/h1-9H,(H,22,25)(H,23,24). The molecule has 0 saturated heterocycles. The van der Waals surface area contributed by atoms with Crippen LogP contribution in [-0.2, 0) is 6.18 Å². The normalized spacial score (nSPS) is 11.4.